The number of fused-ring (bicyclic) bond motifs is 1. The lowest BCUT2D eigenvalue weighted by Crippen LogP contribution is -2.09. The van der Waals surface area contributed by atoms with E-state index in [1.54, 1.807) is 6.92 Å². The highest BCUT2D eigenvalue weighted by atomic mass is 16.1. The third-order valence-corrected chi connectivity index (χ3v) is 3.43. The molecule has 0 bridgehead atoms. The van der Waals surface area contributed by atoms with Crippen LogP contribution in [-0.2, 0) is 12.8 Å². The van der Waals surface area contributed by atoms with Gasteiger partial charge in [-0.25, -0.2) is 9.97 Å². The van der Waals surface area contributed by atoms with Crippen LogP contribution in [0.2, 0.25) is 0 Å². The molecular formula is C20H30N2O. The standard InChI is InChI=1S/C18H24N2O.C2H6/c1-11(2)8-16-17(9-12(3)4)20-18-10-14(13(5)21)6-7-15(18)19-16;1-2/h6-7,10-12H,8-9H2,1-5H3;1-2H3. The fourth-order valence-electron chi connectivity index (χ4n) is 2.45. The zero-order valence-electron chi connectivity index (χ0n) is 15.6. The van der Waals surface area contributed by atoms with Crippen molar-refractivity contribution in [3.05, 3.63) is 35.2 Å². The Bertz CT molecular complexity index is 660. The summed E-state index contributed by atoms with van der Waals surface area (Å²) in [4.78, 5) is 21.1. The average molecular weight is 314 g/mol. The first kappa shape index (κ1) is 19.3. The van der Waals surface area contributed by atoms with Gasteiger partial charge in [-0.15, -0.1) is 0 Å². The summed E-state index contributed by atoms with van der Waals surface area (Å²) in [6.07, 6.45) is 1.87. The predicted octanol–water partition coefficient (Wildman–Crippen LogP) is 5.26. The van der Waals surface area contributed by atoms with E-state index in [-0.39, 0.29) is 5.78 Å². The van der Waals surface area contributed by atoms with E-state index >= 15 is 0 Å². The van der Waals surface area contributed by atoms with Crippen molar-refractivity contribution in [1.29, 1.82) is 0 Å². The highest BCUT2D eigenvalue weighted by molar-refractivity contribution is 5.97. The Kier molecular flexibility index (Phi) is 7.34. The van der Waals surface area contributed by atoms with Crippen LogP contribution in [0.25, 0.3) is 11.0 Å². The van der Waals surface area contributed by atoms with Gasteiger partial charge in [0.15, 0.2) is 5.78 Å². The molecule has 0 amide bonds. The van der Waals surface area contributed by atoms with E-state index in [2.05, 4.69) is 27.7 Å². The molecule has 2 rings (SSSR count). The van der Waals surface area contributed by atoms with Crippen molar-refractivity contribution >= 4 is 16.8 Å². The Morgan fingerprint density at radius 2 is 1.39 bits per heavy atom. The van der Waals surface area contributed by atoms with E-state index in [4.69, 9.17) is 9.97 Å². The van der Waals surface area contributed by atoms with Crippen LogP contribution in [0.5, 0.6) is 0 Å². The fourth-order valence-corrected chi connectivity index (χ4v) is 2.45. The molecule has 23 heavy (non-hydrogen) atoms. The number of rotatable bonds is 5. The maximum Gasteiger partial charge on any atom is 0.159 e. The molecule has 0 aliphatic heterocycles. The number of aromatic nitrogens is 2. The number of Topliss-reactive ketones (excluding diaryl/α,β-unsaturated/α-hetero) is 1. The molecule has 3 nitrogen and oxygen atoms in total. The van der Waals surface area contributed by atoms with Crippen LogP contribution >= 0.6 is 0 Å². The van der Waals surface area contributed by atoms with Crippen LogP contribution in [0.15, 0.2) is 18.2 Å². The summed E-state index contributed by atoms with van der Waals surface area (Å²) in [6, 6.07) is 5.59. The minimum atomic E-state index is 0.0652. The number of hydrogen-bond acceptors (Lipinski definition) is 3. The van der Waals surface area contributed by atoms with Crippen molar-refractivity contribution in [2.45, 2.75) is 61.3 Å². The molecule has 0 spiro atoms. The van der Waals surface area contributed by atoms with Gasteiger partial charge in [0.25, 0.3) is 0 Å². The maximum atomic E-state index is 11.5. The molecule has 0 radical (unpaired) electrons. The SMILES string of the molecule is CC.CC(=O)c1ccc2nc(CC(C)C)c(CC(C)C)nc2c1. The zero-order chi connectivity index (χ0) is 17.6. The van der Waals surface area contributed by atoms with Gasteiger partial charge in [0.1, 0.15) is 0 Å². The van der Waals surface area contributed by atoms with Gasteiger partial charge in [-0.05, 0) is 49.8 Å². The third-order valence-electron chi connectivity index (χ3n) is 3.43. The molecule has 0 saturated carbocycles. The molecule has 1 heterocycles. The summed E-state index contributed by atoms with van der Waals surface area (Å²) in [5.74, 6) is 1.16. The van der Waals surface area contributed by atoms with Crippen LogP contribution in [0, 0.1) is 11.8 Å². The molecule has 0 N–H and O–H groups in total. The third kappa shape index (κ3) is 5.42. The van der Waals surface area contributed by atoms with Gasteiger partial charge < -0.3 is 0 Å². The molecule has 0 saturated heterocycles. The molecule has 0 fully saturated rings. The van der Waals surface area contributed by atoms with E-state index < -0.39 is 0 Å². The molecular weight excluding hydrogens is 284 g/mol. The summed E-state index contributed by atoms with van der Waals surface area (Å²) in [5, 5.41) is 0. The molecule has 2 aromatic rings. The Morgan fingerprint density at radius 1 is 0.913 bits per heavy atom. The molecule has 0 atom stereocenters. The summed E-state index contributed by atoms with van der Waals surface area (Å²) < 4.78 is 0. The summed E-state index contributed by atoms with van der Waals surface area (Å²) in [5.41, 5.74) is 4.58. The topological polar surface area (TPSA) is 42.9 Å². The Labute approximate surface area is 140 Å². The summed E-state index contributed by atoms with van der Waals surface area (Å²) in [6.45, 7) is 14.4. The second-order valence-corrected chi connectivity index (χ2v) is 6.57. The predicted molar refractivity (Wildman–Crippen MR) is 98.0 cm³/mol. The first-order valence-electron chi connectivity index (χ1n) is 8.67. The largest absolute Gasteiger partial charge is 0.295 e. The lowest BCUT2D eigenvalue weighted by molar-refractivity contribution is 0.101. The molecule has 0 aliphatic carbocycles. The quantitative estimate of drug-likeness (QED) is 0.707. The number of benzene rings is 1. The zero-order valence-corrected chi connectivity index (χ0v) is 15.6. The van der Waals surface area contributed by atoms with E-state index in [1.807, 2.05) is 32.0 Å². The van der Waals surface area contributed by atoms with E-state index in [9.17, 15) is 4.79 Å². The molecule has 0 aliphatic rings. The number of nitrogens with zero attached hydrogens (tertiary/aromatic N) is 2. The van der Waals surface area contributed by atoms with Crippen LogP contribution in [0.3, 0.4) is 0 Å². The monoisotopic (exact) mass is 314 g/mol. The number of carbonyl (C=O) groups excluding carboxylic acids is 1. The lowest BCUT2D eigenvalue weighted by atomic mass is 10.00. The molecule has 1 aromatic carbocycles. The minimum Gasteiger partial charge on any atom is -0.295 e. The molecule has 3 heteroatoms. The maximum absolute atomic E-state index is 11.5. The molecule has 1 aromatic heterocycles. The first-order valence-corrected chi connectivity index (χ1v) is 8.67. The highest BCUT2D eigenvalue weighted by Gasteiger charge is 2.13. The van der Waals surface area contributed by atoms with Gasteiger partial charge in [0.2, 0.25) is 0 Å². The second kappa shape index (κ2) is 8.76. The van der Waals surface area contributed by atoms with Crippen LogP contribution in [-0.4, -0.2) is 15.8 Å². The molecule has 126 valence electrons. The minimum absolute atomic E-state index is 0.0652. The van der Waals surface area contributed by atoms with Crippen LogP contribution in [0.4, 0.5) is 0 Å². The number of ketones is 1. The second-order valence-electron chi connectivity index (χ2n) is 6.57. The van der Waals surface area contributed by atoms with Crippen molar-refractivity contribution in [3.63, 3.8) is 0 Å². The van der Waals surface area contributed by atoms with Gasteiger partial charge in [0.05, 0.1) is 22.4 Å². The van der Waals surface area contributed by atoms with Crippen molar-refractivity contribution in [1.82, 2.24) is 9.97 Å². The normalized spacial score (nSPS) is 10.8. The average Bonchev–Trinajstić information content (AvgIpc) is 2.48. The van der Waals surface area contributed by atoms with Gasteiger partial charge in [-0.2, -0.15) is 0 Å². The smallest absolute Gasteiger partial charge is 0.159 e. The first-order chi connectivity index (χ1) is 10.9. The Morgan fingerprint density at radius 3 is 1.83 bits per heavy atom. The van der Waals surface area contributed by atoms with Crippen molar-refractivity contribution in [2.24, 2.45) is 11.8 Å². The summed E-state index contributed by atoms with van der Waals surface area (Å²) in [7, 11) is 0. The van der Waals surface area contributed by atoms with Crippen molar-refractivity contribution in [3.8, 4) is 0 Å². The van der Waals surface area contributed by atoms with Gasteiger partial charge in [-0.1, -0.05) is 41.5 Å². The van der Waals surface area contributed by atoms with Gasteiger partial charge in [0, 0.05) is 5.56 Å². The lowest BCUT2D eigenvalue weighted by Gasteiger charge is -2.13. The van der Waals surface area contributed by atoms with E-state index in [1.165, 1.54) is 0 Å². The fraction of sp³-hybridized carbons (Fsp3) is 0.550. The Balaban J connectivity index is 0.00000127. The molecule has 0 unspecified atom stereocenters. The number of carbonyl (C=O) groups is 1. The van der Waals surface area contributed by atoms with Crippen LogP contribution < -0.4 is 0 Å². The highest BCUT2D eigenvalue weighted by Crippen LogP contribution is 2.20. The van der Waals surface area contributed by atoms with Gasteiger partial charge >= 0.3 is 0 Å². The van der Waals surface area contributed by atoms with Crippen molar-refractivity contribution < 1.29 is 4.79 Å². The van der Waals surface area contributed by atoms with Gasteiger partial charge in [-0.3, -0.25) is 4.79 Å². The Hall–Kier alpha value is -1.77. The van der Waals surface area contributed by atoms with E-state index in [0.717, 1.165) is 35.3 Å². The summed E-state index contributed by atoms with van der Waals surface area (Å²) >= 11 is 0. The number of hydrogen-bond donors (Lipinski definition) is 0. The van der Waals surface area contributed by atoms with E-state index in [0.29, 0.717) is 17.4 Å². The van der Waals surface area contributed by atoms with Crippen molar-refractivity contribution in [2.75, 3.05) is 0 Å². The van der Waals surface area contributed by atoms with Crippen LogP contribution in [0.1, 0.15) is 70.2 Å².